The van der Waals surface area contributed by atoms with Gasteiger partial charge in [0.25, 0.3) is 5.91 Å². The van der Waals surface area contributed by atoms with Crippen molar-refractivity contribution in [2.75, 3.05) is 31.2 Å². The highest BCUT2D eigenvalue weighted by molar-refractivity contribution is 9.10. The van der Waals surface area contributed by atoms with Crippen LogP contribution in [0, 0.1) is 0 Å². The lowest BCUT2D eigenvalue weighted by Crippen LogP contribution is -2.19. The number of hydrazone groups is 1. The summed E-state index contributed by atoms with van der Waals surface area (Å²) in [6, 6.07) is 11.3. The number of hydrogen-bond donors (Lipinski definition) is 1. The van der Waals surface area contributed by atoms with E-state index in [4.69, 9.17) is 9.47 Å². The summed E-state index contributed by atoms with van der Waals surface area (Å²) in [5, 5.41) is 4.08. The molecule has 0 saturated carbocycles. The molecule has 0 spiro atoms. The molecule has 1 saturated heterocycles. The summed E-state index contributed by atoms with van der Waals surface area (Å²) in [5.74, 6) is 1.05. The lowest BCUT2D eigenvalue weighted by Gasteiger charge is -2.17. The maximum atomic E-state index is 12.4. The minimum Gasteiger partial charge on any atom is -0.490 e. The van der Waals surface area contributed by atoms with E-state index in [1.165, 1.54) is 12.8 Å². The standard InChI is InChI=1S/C22H26BrN3O3/c1-3-28-20-14-16(13-19(23)21(20)29-4-2)15-24-25-22(27)17-7-9-18(10-8-17)26-11-5-6-12-26/h7-10,13-15H,3-6,11-12H2,1-2H3,(H,25,27)/b24-15-. The fourth-order valence-electron chi connectivity index (χ4n) is 3.24. The summed E-state index contributed by atoms with van der Waals surface area (Å²) < 4.78 is 12.1. The molecule has 0 aliphatic carbocycles. The number of nitrogens with zero attached hydrogens (tertiary/aromatic N) is 2. The van der Waals surface area contributed by atoms with Gasteiger partial charge in [0.05, 0.1) is 23.9 Å². The monoisotopic (exact) mass is 459 g/mol. The van der Waals surface area contributed by atoms with Crippen molar-refractivity contribution in [2.24, 2.45) is 5.10 Å². The lowest BCUT2D eigenvalue weighted by atomic mass is 10.2. The van der Waals surface area contributed by atoms with Gasteiger partial charge in [-0.2, -0.15) is 5.10 Å². The van der Waals surface area contributed by atoms with Crippen LogP contribution in [0.5, 0.6) is 11.5 Å². The number of hydrogen-bond acceptors (Lipinski definition) is 5. The van der Waals surface area contributed by atoms with Crippen LogP contribution >= 0.6 is 15.9 Å². The van der Waals surface area contributed by atoms with E-state index in [-0.39, 0.29) is 5.91 Å². The van der Waals surface area contributed by atoms with Crippen LogP contribution in [0.4, 0.5) is 5.69 Å². The molecule has 0 unspecified atom stereocenters. The second-order valence-electron chi connectivity index (χ2n) is 6.64. The van der Waals surface area contributed by atoms with Crippen LogP contribution < -0.4 is 19.8 Å². The molecule has 6 nitrogen and oxygen atoms in total. The Morgan fingerprint density at radius 3 is 2.48 bits per heavy atom. The van der Waals surface area contributed by atoms with Gasteiger partial charge in [-0.05, 0) is 84.6 Å². The normalized spacial score (nSPS) is 13.7. The Morgan fingerprint density at radius 1 is 1.14 bits per heavy atom. The van der Waals surface area contributed by atoms with Crippen molar-refractivity contribution in [1.29, 1.82) is 0 Å². The second-order valence-corrected chi connectivity index (χ2v) is 7.49. The van der Waals surface area contributed by atoms with Crippen molar-refractivity contribution in [1.82, 2.24) is 5.43 Å². The van der Waals surface area contributed by atoms with E-state index >= 15 is 0 Å². The quantitative estimate of drug-likeness (QED) is 0.462. The highest BCUT2D eigenvalue weighted by atomic mass is 79.9. The van der Waals surface area contributed by atoms with Gasteiger partial charge in [0.15, 0.2) is 11.5 Å². The molecule has 1 heterocycles. The van der Waals surface area contributed by atoms with Crippen molar-refractivity contribution in [3.8, 4) is 11.5 Å². The van der Waals surface area contributed by atoms with E-state index in [0.29, 0.717) is 30.3 Å². The molecule has 0 bridgehead atoms. The van der Waals surface area contributed by atoms with Crippen LogP contribution in [0.3, 0.4) is 0 Å². The summed E-state index contributed by atoms with van der Waals surface area (Å²) in [4.78, 5) is 14.7. The summed E-state index contributed by atoms with van der Waals surface area (Å²) in [7, 11) is 0. The number of ether oxygens (including phenoxy) is 2. The number of carbonyl (C=O) groups excluding carboxylic acids is 1. The molecule has 0 radical (unpaired) electrons. The highest BCUT2D eigenvalue weighted by Gasteiger charge is 2.13. The number of rotatable bonds is 8. The molecule has 1 aliphatic rings. The minimum atomic E-state index is -0.246. The minimum absolute atomic E-state index is 0.246. The first-order valence-electron chi connectivity index (χ1n) is 9.90. The van der Waals surface area contributed by atoms with E-state index in [1.807, 2.05) is 50.2 Å². The van der Waals surface area contributed by atoms with Crippen LogP contribution in [-0.4, -0.2) is 38.4 Å². The van der Waals surface area contributed by atoms with E-state index in [1.54, 1.807) is 6.21 Å². The van der Waals surface area contributed by atoms with Gasteiger partial charge in [-0.25, -0.2) is 5.43 Å². The topological polar surface area (TPSA) is 63.2 Å². The number of anilines is 1. The zero-order chi connectivity index (χ0) is 20.6. The van der Waals surface area contributed by atoms with Gasteiger partial charge in [-0.3, -0.25) is 4.79 Å². The average molecular weight is 460 g/mol. The van der Waals surface area contributed by atoms with Crippen LogP contribution in [0.15, 0.2) is 46.0 Å². The Balaban J connectivity index is 1.65. The Bertz CT molecular complexity index is 862. The van der Waals surface area contributed by atoms with Crippen LogP contribution in [0.25, 0.3) is 0 Å². The van der Waals surface area contributed by atoms with Crippen molar-refractivity contribution < 1.29 is 14.3 Å². The number of amides is 1. The molecule has 1 fully saturated rings. The third-order valence-corrected chi connectivity index (χ3v) is 5.19. The largest absolute Gasteiger partial charge is 0.490 e. The maximum Gasteiger partial charge on any atom is 0.271 e. The molecule has 3 rings (SSSR count). The molecule has 1 N–H and O–H groups in total. The van der Waals surface area contributed by atoms with Gasteiger partial charge in [0.1, 0.15) is 0 Å². The second kappa shape index (κ2) is 10.3. The van der Waals surface area contributed by atoms with Crippen molar-refractivity contribution >= 4 is 33.7 Å². The van der Waals surface area contributed by atoms with Crippen molar-refractivity contribution in [3.63, 3.8) is 0 Å². The molecule has 29 heavy (non-hydrogen) atoms. The van der Waals surface area contributed by atoms with Crippen molar-refractivity contribution in [3.05, 3.63) is 52.0 Å². The Labute approximate surface area is 180 Å². The predicted octanol–water partition coefficient (Wildman–Crippen LogP) is 4.61. The summed E-state index contributed by atoms with van der Waals surface area (Å²) in [6.45, 7) is 7.06. The molecule has 154 valence electrons. The van der Waals surface area contributed by atoms with Crippen LogP contribution in [0.1, 0.15) is 42.6 Å². The van der Waals surface area contributed by atoms with Gasteiger partial charge in [0, 0.05) is 24.3 Å². The molecule has 0 aromatic heterocycles. The zero-order valence-corrected chi connectivity index (χ0v) is 18.4. The fourth-order valence-corrected chi connectivity index (χ4v) is 3.81. The average Bonchev–Trinajstić information content (AvgIpc) is 3.26. The summed E-state index contributed by atoms with van der Waals surface area (Å²) in [5.41, 5.74) is 5.10. The molecule has 2 aromatic carbocycles. The Hall–Kier alpha value is -2.54. The van der Waals surface area contributed by atoms with Gasteiger partial charge < -0.3 is 14.4 Å². The molecular weight excluding hydrogens is 434 g/mol. The first-order chi connectivity index (χ1) is 14.1. The van der Waals surface area contributed by atoms with Gasteiger partial charge in [-0.1, -0.05) is 0 Å². The number of halogens is 1. The lowest BCUT2D eigenvalue weighted by molar-refractivity contribution is 0.0955. The molecule has 1 aliphatic heterocycles. The van der Waals surface area contributed by atoms with E-state index in [9.17, 15) is 4.79 Å². The fraction of sp³-hybridized carbons (Fsp3) is 0.364. The SMILES string of the molecule is CCOc1cc(/C=N\NC(=O)c2ccc(N3CCCC3)cc2)cc(Br)c1OCC. The molecule has 2 aromatic rings. The third-order valence-electron chi connectivity index (χ3n) is 4.60. The van der Waals surface area contributed by atoms with Crippen LogP contribution in [-0.2, 0) is 0 Å². The number of nitrogens with one attached hydrogen (secondary N) is 1. The Kier molecular flexibility index (Phi) is 7.52. The predicted molar refractivity (Wildman–Crippen MR) is 119 cm³/mol. The van der Waals surface area contributed by atoms with E-state index in [2.05, 4.69) is 31.4 Å². The van der Waals surface area contributed by atoms with Gasteiger partial charge in [0.2, 0.25) is 0 Å². The van der Waals surface area contributed by atoms with E-state index < -0.39 is 0 Å². The molecule has 1 amide bonds. The molecular formula is C22H26BrN3O3. The van der Waals surface area contributed by atoms with Crippen molar-refractivity contribution in [2.45, 2.75) is 26.7 Å². The first-order valence-corrected chi connectivity index (χ1v) is 10.7. The maximum absolute atomic E-state index is 12.4. The van der Waals surface area contributed by atoms with E-state index in [0.717, 1.165) is 28.8 Å². The van der Waals surface area contributed by atoms with Gasteiger partial charge in [-0.15, -0.1) is 0 Å². The summed E-state index contributed by atoms with van der Waals surface area (Å²) in [6.07, 6.45) is 4.03. The van der Waals surface area contributed by atoms with Crippen LogP contribution in [0.2, 0.25) is 0 Å². The smallest absolute Gasteiger partial charge is 0.271 e. The summed E-state index contributed by atoms with van der Waals surface area (Å²) >= 11 is 3.50. The molecule has 0 atom stereocenters. The number of carbonyl (C=O) groups is 1. The first kappa shape index (κ1) is 21.2. The highest BCUT2D eigenvalue weighted by Crippen LogP contribution is 2.36. The Morgan fingerprint density at radius 2 is 1.83 bits per heavy atom. The van der Waals surface area contributed by atoms with Gasteiger partial charge >= 0.3 is 0 Å². The molecule has 7 heteroatoms. The number of benzene rings is 2. The third kappa shape index (κ3) is 5.50. The zero-order valence-electron chi connectivity index (χ0n) is 16.8.